The van der Waals surface area contributed by atoms with Gasteiger partial charge in [-0.15, -0.1) is 0 Å². The third-order valence-electron chi connectivity index (χ3n) is 6.65. The molecule has 0 bridgehead atoms. The molecule has 1 aliphatic rings. The van der Waals surface area contributed by atoms with Crippen LogP contribution in [0.2, 0.25) is 5.02 Å². The standard InChI is InChI=1S/C28H32ClN5O3/c29-23-7-5-21(6-8-23)18-34(11-9-22-17-31-25-4-2-1-3-24(22)25)19-27-32-26(20-37-27)28(35)30-10-12-33-13-15-36-16-14-33/h1-8,17,20,31H,9-16,18-19H2,(H,30,35). The highest BCUT2D eigenvalue weighted by Gasteiger charge is 2.17. The highest BCUT2D eigenvalue weighted by Crippen LogP contribution is 2.20. The van der Waals surface area contributed by atoms with Crippen LogP contribution in [0.1, 0.15) is 27.5 Å². The van der Waals surface area contributed by atoms with Gasteiger partial charge in [-0.25, -0.2) is 4.98 Å². The number of morpholine rings is 1. The van der Waals surface area contributed by atoms with E-state index in [1.54, 1.807) is 0 Å². The van der Waals surface area contributed by atoms with Crippen LogP contribution in [0.25, 0.3) is 10.9 Å². The number of halogens is 1. The minimum atomic E-state index is -0.216. The Hall–Kier alpha value is -3.17. The van der Waals surface area contributed by atoms with Gasteiger partial charge < -0.3 is 19.5 Å². The molecule has 2 aromatic heterocycles. The van der Waals surface area contributed by atoms with E-state index in [9.17, 15) is 4.79 Å². The van der Waals surface area contributed by atoms with Crippen LogP contribution in [0.5, 0.6) is 0 Å². The lowest BCUT2D eigenvalue weighted by Crippen LogP contribution is -2.41. The van der Waals surface area contributed by atoms with E-state index in [1.807, 2.05) is 30.3 Å². The van der Waals surface area contributed by atoms with Crippen molar-refractivity contribution in [2.45, 2.75) is 19.5 Å². The van der Waals surface area contributed by atoms with Gasteiger partial charge in [0.1, 0.15) is 6.26 Å². The zero-order chi connectivity index (χ0) is 25.5. The van der Waals surface area contributed by atoms with Crippen molar-refractivity contribution >= 4 is 28.4 Å². The molecule has 4 aromatic rings. The van der Waals surface area contributed by atoms with E-state index < -0.39 is 0 Å². The summed E-state index contributed by atoms with van der Waals surface area (Å²) in [6, 6.07) is 16.2. The molecule has 8 nitrogen and oxygen atoms in total. The number of H-pyrrole nitrogens is 1. The molecule has 1 aliphatic heterocycles. The molecule has 5 rings (SSSR count). The molecular weight excluding hydrogens is 490 g/mol. The number of aromatic nitrogens is 2. The van der Waals surface area contributed by atoms with E-state index >= 15 is 0 Å². The van der Waals surface area contributed by atoms with Crippen LogP contribution in [0, 0.1) is 0 Å². The number of carbonyl (C=O) groups is 1. The lowest BCUT2D eigenvalue weighted by atomic mass is 10.1. The maximum Gasteiger partial charge on any atom is 0.273 e. The van der Waals surface area contributed by atoms with Crippen molar-refractivity contribution < 1.29 is 13.9 Å². The van der Waals surface area contributed by atoms with Crippen LogP contribution >= 0.6 is 11.6 Å². The van der Waals surface area contributed by atoms with E-state index in [0.717, 1.165) is 56.9 Å². The van der Waals surface area contributed by atoms with Gasteiger partial charge in [0.15, 0.2) is 5.69 Å². The molecule has 0 unspecified atom stereocenters. The molecule has 194 valence electrons. The number of oxazole rings is 1. The average molecular weight is 522 g/mol. The third-order valence-corrected chi connectivity index (χ3v) is 6.90. The lowest BCUT2D eigenvalue weighted by Gasteiger charge is -2.26. The summed E-state index contributed by atoms with van der Waals surface area (Å²) in [5.74, 6) is 0.303. The molecule has 1 saturated heterocycles. The first-order valence-corrected chi connectivity index (χ1v) is 13.1. The molecule has 2 N–H and O–H groups in total. The highest BCUT2D eigenvalue weighted by atomic mass is 35.5. The number of rotatable bonds is 11. The number of fused-ring (bicyclic) bond motifs is 1. The Kier molecular flexibility index (Phi) is 8.53. The van der Waals surface area contributed by atoms with E-state index in [4.69, 9.17) is 20.8 Å². The molecule has 1 fully saturated rings. The van der Waals surface area contributed by atoms with Crippen molar-refractivity contribution in [1.29, 1.82) is 0 Å². The summed E-state index contributed by atoms with van der Waals surface area (Å²) in [6.07, 6.45) is 4.39. The number of ether oxygens (including phenoxy) is 1. The lowest BCUT2D eigenvalue weighted by molar-refractivity contribution is 0.0383. The van der Waals surface area contributed by atoms with Gasteiger partial charge in [0.25, 0.3) is 5.91 Å². The zero-order valence-corrected chi connectivity index (χ0v) is 21.5. The fourth-order valence-electron chi connectivity index (χ4n) is 4.60. The topological polar surface area (TPSA) is 86.6 Å². The number of para-hydroxylation sites is 1. The molecular formula is C28H32ClN5O3. The Labute approximate surface area is 221 Å². The molecule has 9 heteroatoms. The van der Waals surface area contributed by atoms with Crippen molar-refractivity contribution in [3.63, 3.8) is 0 Å². The minimum Gasteiger partial charge on any atom is -0.447 e. The Bertz CT molecular complexity index is 1300. The van der Waals surface area contributed by atoms with Crippen molar-refractivity contribution in [2.75, 3.05) is 45.9 Å². The largest absolute Gasteiger partial charge is 0.447 e. The number of aromatic amines is 1. The highest BCUT2D eigenvalue weighted by molar-refractivity contribution is 6.30. The minimum absolute atomic E-state index is 0.216. The molecule has 0 atom stereocenters. The Morgan fingerprint density at radius 1 is 1.11 bits per heavy atom. The second-order valence-corrected chi connectivity index (χ2v) is 9.72. The van der Waals surface area contributed by atoms with Gasteiger partial charge in [0.2, 0.25) is 5.89 Å². The van der Waals surface area contributed by atoms with Gasteiger partial charge in [0, 0.05) is 61.4 Å². The second-order valence-electron chi connectivity index (χ2n) is 9.28. The summed E-state index contributed by atoms with van der Waals surface area (Å²) in [7, 11) is 0. The summed E-state index contributed by atoms with van der Waals surface area (Å²) in [5.41, 5.74) is 3.86. The van der Waals surface area contributed by atoms with E-state index in [-0.39, 0.29) is 5.91 Å². The predicted molar refractivity (Wildman–Crippen MR) is 144 cm³/mol. The quantitative estimate of drug-likeness (QED) is 0.309. The van der Waals surface area contributed by atoms with Crippen molar-refractivity contribution in [3.05, 3.63) is 88.7 Å². The fraction of sp³-hybridized carbons (Fsp3) is 0.357. The van der Waals surface area contributed by atoms with Crippen LogP contribution in [0.3, 0.4) is 0 Å². The second kappa shape index (κ2) is 12.4. The number of carbonyl (C=O) groups excluding carboxylic acids is 1. The van der Waals surface area contributed by atoms with Crippen LogP contribution in [-0.4, -0.2) is 71.6 Å². The maximum atomic E-state index is 12.6. The average Bonchev–Trinajstić information content (AvgIpc) is 3.56. The summed E-state index contributed by atoms with van der Waals surface area (Å²) >= 11 is 6.09. The summed E-state index contributed by atoms with van der Waals surface area (Å²) in [6.45, 7) is 6.64. The van der Waals surface area contributed by atoms with E-state index in [0.29, 0.717) is 36.2 Å². The molecule has 0 aliphatic carbocycles. The number of nitrogens with zero attached hydrogens (tertiary/aromatic N) is 3. The van der Waals surface area contributed by atoms with Crippen LogP contribution in [0.4, 0.5) is 0 Å². The first-order chi connectivity index (χ1) is 18.1. The van der Waals surface area contributed by atoms with Gasteiger partial charge in [0.05, 0.1) is 19.8 Å². The predicted octanol–water partition coefficient (Wildman–Crippen LogP) is 4.12. The normalized spacial score (nSPS) is 14.4. The summed E-state index contributed by atoms with van der Waals surface area (Å²) < 4.78 is 11.1. The molecule has 0 spiro atoms. The van der Waals surface area contributed by atoms with Gasteiger partial charge in [-0.2, -0.15) is 0 Å². The van der Waals surface area contributed by atoms with E-state index in [1.165, 1.54) is 17.2 Å². The Balaban J connectivity index is 1.21. The first kappa shape index (κ1) is 25.5. The van der Waals surface area contributed by atoms with E-state index in [2.05, 4.69) is 49.5 Å². The molecule has 2 aromatic carbocycles. The maximum absolute atomic E-state index is 12.6. The smallest absolute Gasteiger partial charge is 0.273 e. The van der Waals surface area contributed by atoms with Gasteiger partial charge in [-0.3, -0.25) is 14.6 Å². The van der Waals surface area contributed by atoms with Crippen LogP contribution in [0.15, 0.2) is 65.4 Å². The number of hydrogen-bond donors (Lipinski definition) is 2. The number of hydrogen-bond acceptors (Lipinski definition) is 6. The third kappa shape index (κ3) is 6.99. The van der Waals surface area contributed by atoms with Crippen LogP contribution < -0.4 is 5.32 Å². The Morgan fingerprint density at radius 2 is 1.92 bits per heavy atom. The van der Waals surface area contributed by atoms with Crippen molar-refractivity contribution in [1.82, 2.24) is 25.1 Å². The molecule has 0 saturated carbocycles. The van der Waals surface area contributed by atoms with Crippen LogP contribution in [-0.2, 0) is 24.2 Å². The SMILES string of the molecule is O=C(NCCN1CCOCC1)c1coc(CN(CCc2c[nH]c3ccccc23)Cc2ccc(Cl)cc2)n1. The van der Waals surface area contributed by atoms with Crippen molar-refractivity contribution in [3.8, 4) is 0 Å². The van der Waals surface area contributed by atoms with Crippen molar-refractivity contribution in [2.24, 2.45) is 0 Å². The number of nitrogens with one attached hydrogen (secondary N) is 2. The van der Waals surface area contributed by atoms with Gasteiger partial charge in [-0.05, 0) is 35.7 Å². The van der Waals surface area contributed by atoms with Gasteiger partial charge >= 0.3 is 0 Å². The summed E-state index contributed by atoms with van der Waals surface area (Å²) in [4.78, 5) is 25.0. The molecule has 1 amide bonds. The molecule has 0 radical (unpaired) electrons. The fourth-order valence-corrected chi connectivity index (χ4v) is 4.73. The number of benzene rings is 2. The molecule has 3 heterocycles. The Morgan fingerprint density at radius 3 is 2.76 bits per heavy atom. The first-order valence-electron chi connectivity index (χ1n) is 12.7. The van der Waals surface area contributed by atoms with Gasteiger partial charge in [-0.1, -0.05) is 41.9 Å². The summed E-state index contributed by atoms with van der Waals surface area (Å²) in [5, 5.41) is 4.90. The zero-order valence-electron chi connectivity index (χ0n) is 20.8. The number of amides is 1. The monoisotopic (exact) mass is 521 g/mol. The molecule has 37 heavy (non-hydrogen) atoms.